The second kappa shape index (κ2) is 10.7. The Labute approximate surface area is 240 Å². The number of H-pyrrole nitrogens is 1. The molecule has 3 aromatic carbocycles. The maximum Gasteiger partial charge on any atom is 0.278 e. The molecule has 2 aliphatic rings. The molecule has 1 aromatic heterocycles. The summed E-state index contributed by atoms with van der Waals surface area (Å²) < 4.78 is 15.8. The Morgan fingerprint density at radius 1 is 0.925 bits per heavy atom. The van der Waals surface area contributed by atoms with Crippen LogP contribution in [0.25, 0.3) is 0 Å². The molecule has 1 unspecified atom stereocenters. The summed E-state index contributed by atoms with van der Waals surface area (Å²) in [4.78, 5) is 33.2. The minimum atomic E-state index is -0.680. The van der Waals surface area contributed by atoms with Gasteiger partial charge in [-0.1, -0.05) is 60.7 Å². The summed E-state index contributed by atoms with van der Waals surface area (Å²) in [5.41, 5.74) is 3.03. The molecule has 2 aliphatic heterocycles. The Morgan fingerprint density at radius 3 is 2.15 bits per heavy atom. The van der Waals surface area contributed by atoms with Crippen LogP contribution < -0.4 is 10.5 Å². The predicted molar refractivity (Wildman–Crippen MR) is 156 cm³/mol. The van der Waals surface area contributed by atoms with Gasteiger partial charge >= 0.3 is 0 Å². The van der Waals surface area contributed by atoms with Crippen LogP contribution in [-0.2, 0) is 18.4 Å². The summed E-state index contributed by atoms with van der Waals surface area (Å²) in [6.45, 7) is 2.24. The van der Waals surface area contributed by atoms with Crippen molar-refractivity contribution >= 4 is 27.5 Å². The van der Waals surface area contributed by atoms with Gasteiger partial charge in [0.25, 0.3) is 5.56 Å². The molecule has 0 saturated carbocycles. The van der Waals surface area contributed by atoms with Crippen LogP contribution in [0.5, 0.6) is 0 Å². The molecule has 0 aliphatic carbocycles. The average Bonchev–Trinajstić information content (AvgIpc) is 3.38. The third-order valence-corrected chi connectivity index (χ3v) is 9.05. The van der Waals surface area contributed by atoms with Crippen LogP contribution in [0.15, 0.2) is 94.2 Å². The SMILES string of the molecule is Cn1[nH]c(=O)c(Br)c1C(c1ccccc1)N1CCC2(CC1)C(=O)N(Cc1ccc(F)cc1)CN2c1ccccc1. The zero-order valence-corrected chi connectivity index (χ0v) is 23.9. The Kier molecular flexibility index (Phi) is 7.10. The van der Waals surface area contributed by atoms with Gasteiger partial charge in [-0.2, -0.15) is 0 Å². The lowest BCUT2D eigenvalue weighted by molar-refractivity contribution is -0.134. The van der Waals surface area contributed by atoms with E-state index in [9.17, 15) is 14.0 Å². The third kappa shape index (κ3) is 4.67. The minimum absolute atomic E-state index is 0.104. The van der Waals surface area contributed by atoms with Gasteiger partial charge in [0.05, 0.1) is 18.4 Å². The molecule has 1 N–H and O–H groups in total. The van der Waals surface area contributed by atoms with E-state index in [0.717, 1.165) is 22.5 Å². The highest BCUT2D eigenvalue weighted by Gasteiger charge is 2.54. The first kappa shape index (κ1) is 26.5. The van der Waals surface area contributed by atoms with E-state index >= 15 is 0 Å². The highest BCUT2D eigenvalue weighted by atomic mass is 79.9. The molecule has 1 amide bonds. The number of benzene rings is 3. The van der Waals surface area contributed by atoms with Crippen molar-refractivity contribution in [2.75, 3.05) is 24.7 Å². The van der Waals surface area contributed by atoms with Crippen LogP contribution in [0.4, 0.5) is 10.1 Å². The fourth-order valence-electron chi connectivity index (χ4n) is 6.29. The predicted octanol–water partition coefficient (Wildman–Crippen LogP) is 5.05. The van der Waals surface area contributed by atoms with Crippen molar-refractivity contribution in [1.82, 2.24) is 19.6 Å². The first-order valence-electron chi connectivity index (χ1n) is 13.5. The summed E-state index contributed by atoms with van der Waals surface area (Å²) in [6, 6.07) is 26.5. The zero-order valence-electron chi connectivity index (χ0n) is 22.3. The molecule has 1 spiro atoms. The minimum Gasteiger partial charge on any atom is -0.339 e. The van der Waals surface area contributed by atoms with E-state index in [1.165, 1.54) is 12.1 Å². The van der Waals surface area contributed by atoms with Crippen LogP contribution in [0.3, 0.4) is 0 Å². The number of nitrogens with one attached hydrogen (secondary N) is 1. The van der Waals surface area contributed by atoms with Crippen molar-refractivity contribution in [2.45, 2.75) is 31.0 Å². The monoisotopic (exact) mass is 603 g/mol. The number of hydrogen-bond donors (Lipinski definition) is 1. The van der Waals surface area contributed by atoms with Gasteiger partial charge in [-0.05, 0) is 64.2 Å². The van der Waals surface area contributed by atoms with E-state index in [1.54, 1.807) is 16.8 Å². The lowest BCUT2D eigenvalue weighted by atomic mass is 9.84. The standard InChI is InChI=1S/C31H31BrFN5O2/c1-35-28(26(32)29(39)34-35)27(23-8-4-2-5-9-23)36-18-16-31(17-19-36)30(40)37(20-22-12-14-24(33)15-13-22)21-38(31)25-10-6-3-7-11-25/h2-15,27H,16-21H2,1H3,(H,34,39). The van der Waals surface area contributed by atoms with Gasteiger partial charge in [0.2, 0.25) is 5.91 Å². The Morgan fingerprint density at radius 2 is 1.55 bits per heavy atom. The number of aromatic amines is 1. The summed E-state index contributed by atoms with van der Waals surface area (Å²) in [6.07, 6.45) is 1.28. The van der Waals surface area contributed by atoms with Crippen LogP contribution in [0.2, 0.25) is 0 Å². The molecule has 7 nitrogen and oxygen atoms in total. The van der Waals surface area contributed by atoms with Gasteiger partial charge in [-0.3, -0.25) is 24.3 Å². The molecular weight excluding hydrogens is 573 g/mol. The topological polar surface area (TPSA) is 64.6 Å². The lowest BCUT2D eigenvalue weighted by Crippen LogP contribution is -2.57. The average molecular weight is 605 g/mol. The number of para-hydroxylation sites is 1. The van der Waals surface area contributed by atoms with Crippen LogP contribution in [-0.4, -0.2) is 50.8 Å². The molecule has 0 bridgehead atoms. The number of rotatable bonds is 6. The van der Waals surface area contributed by atoms with Crippen LogP contribution in [0.1, 0.15) is 35.7 Å². The van der Waals surface area contributed by atoms with Crippen molar-refractivity contribution in [2.24, 2.45) is 7.05 Å². The van der Waals surface area contributed by atoms with E-state index in [4.69, 9.17) is 0 Å². The number of anilines is 1. The zero-order chi connectivity index (χ0) is 27.9. The van der Waals surface area contributed by atoms with E-state index in [1.807, 2.05) is 48.3 Å². The summed E-state index contributed by atoms with van der Waals surface area (Å²) in [7, 11) is 1.85. The highest BCUT2D eigenvalue weighted by Crippen LogP contribution is 2.43. The van der Waals surface area contributed by atoms with Gasteiger partial charge in [-0.25, -0.2) is 4.39 Å². The molecule has 2 saturated heterocycles. The fraction of sp³-hybridized carbons (Fsp3) is 0.290. The Hall–Kier alpha value is -3.69. The number of hydrogen-bond acceptors (Lipinski definition) is 4. The van der Waals surface area contributed by atoms with Gasteiger partial charge in [0.1, 0.15) is 15.8 Å². The number of halogens is 2. The molecule has 40 heavy (non-hydrogen) atoms. The van der Waals surface area contributed by atoms with Gasteiger partial charge < -0.3 is 9.80 Å². The second-order valence-corrected chi connectivity index (χ2v) is 11.4. The van der Waals surface area contributed by atoms with Crippen molar-refractivity contribution in [3.8, 4) is 0 Å². The van der Waals surface area contributed by atoms with Crippen molar-refractivity contribution < 1.29 is 9.18 Å². The summed E-state index contributed by atoms with van der Waals surface area (Å²) in [5.74, 6) is -0.183. The smallest absolute Gasteiger partial charge is 0.278 e. The molecule has 9 heteroatoms. The normalized spacial score (nSPS) is 18.0. The Balaban J connectivity index is 1.32. The van der Waals surface area contributed by atoms with E-state index in [0.29, 0.717) is 43.6 Å². The number of aromatic nitrogens is 2. The molecular formula is C31H31BrFN5O2. The molecule has 4 aromatic rings. The highest BCUT2D eigenvalue weighted by molar-refractivity contribution is 9.10. The summed E-state index contributed by atoms with van der Waals surface area (Å²) >= 11 is 3.54. The first-order valence-corrected chi connectivity index (χ1v) is 14.3. The van der Waals surface area contributed by atoms with E-state index in [2.05, 4.69) is 55.1 Å². The van der Waals surface area contributed by atoms with Gasteiger partial charge in [-0.15, -0.1) is 0 Å². The summed E-state index contributed by atoms with van der Waals surface area (Å²) in [5, 5.41) is 2.88. The fourth-order valence-corrected chi connectivity index (χ4v) is 6.86. The van der Waals surface area contributed by atoms with Crippen molar-refractivity contribution in [3.63, 3.8) is 0 Å². The molecule has 3 heterocycles. The number of carbonyl (C=O) groups is 1. The number of nitrogens with zero attached hydrogens (tertiary/aromatic N) is 4. The Bertz CT molecular complexity index is 1550. The molecule has 0 radical (unpaired) electrons. The number of piperidine rings is 1. The molecule has 6 rings (SSSR count). The second-order valence-electron chi connectivity index (χ2n) is 10.6. The third-order valence-electron chi connectivity index (χ3n) is 8.29. The van der Waals surface area contributed by atoms with E-state index < -0.39 is 5.54 Å². The van der Waals surface area contributed by atoms with Crippen molar-refractivity contribution in [1.29, 1.82) is 0 Å². The largest absolute Gasteiger partial charge is 0.339 e. The van der Waals surface area contributed by atoms with Crippen LogP contribution in [0, 0.1) is 5.82 Å². The van der Waals surface area contributed by atoms with Gasteiger partial charge in [0, 0.05) is 32.4 Å². The van der Waals surface area contributed by atoms with Crippen molar-refractivity contribution in [3.05, 3.63) is 122 Å². The quantitative estimate of drug-likeness (QED) is 0.335. The number of likely N-dealkylation sites (tertiary alicyclic amines) is 1. The van der Waals surface area contributed by atoms with E-state index in [-0.39, 0.29) is 23.3 Å². The molecule has 1 atom stereocenters. The lowest BCUT2D eigenvalue weighted by Gasteiger charge is -2.45. The number of amides is 1. The number of carbonyl (C=O) groups excluding carboxylic acids is 1. The maximum atomic E-state index is 14.2. The molecule has 2 fully saturated rings. The number of aryl methyl sites for hydroxylation is 1. The molecule has 206 valence electrons. The first-order chi connectivity index (χ1) is 19.4. The maximum absolute atomic E-state index is 14.2. The van der Waals surface area contributed by atoms with Crippen LogP contribution >= 0.6 is 15.9 Å². The van der Waals surface area contributed by atoms with Gasteiger partial charge in [0.15, 0.2) is 0 Å².